The Bertz CT molecular complexity index is 401. The summed E-state index contributed by atoms with van der Waals surface area (Å²) < 4.78 is 38.7. The minimum absolute atomic E-state index is 0.404. The van der Waals surface area contributed by atoms with E-state index in [1.165, 1.54) is 0 Å². The van der Waals surface area contributed by atoms with Crippen LogP contribution in [0.1, 0.15) is 0 Å². The Balaban J connectivity index is 3.15. The molecular formula is C6H2Cl2F3NO2. The van der Waals surface area contributed by atoms with Gasteiger partial charge < -0.3 is 9.72 Å². The largest absolute Gasteiger partial charge is 0.573 e. The van der Waals surface area contributed by atoms with Crippen molar-refractivity contribution in [2.75, 3.05) is 0 Å². The van der Waals surface area contributed by atoms with Crippen LogP contribution in [0.25, 0.3) is 0 Å². The summed E-state index contributed by atoms with van der Waals surface area (Å²) >= 11 is 10.7. The van der Waals surface area contributed by atoms with E-state index in [2.05, 4.69) is 4.74 Å². The molecule has 1 aromatic heterocycles. The molecule has 78 valence electrons. The lowest BCUT2D eigenvalue weighted by Crippen LogP contribution is -2.19. The number of ether oxygens (including phenoxy) is 1. The average Bonchev–Trinajstić information content (AvgIpc) is 1.96. The van der Waals surface area contributed by atoms with Crippen molar-refractivity contribution in [3.8, 4) is 5.75 Å². The minimum atomic E-state index is -4.92. The third-order valence-electron chi connectivity index (χ3n) is 1.13. The van der Waals surface area contributed by atoms with Crippen molar-refractivity contribution in [3.05, 3.63) is 26.6 Å². The first kappa shape index (κ1) is 11.2. The Kier molecular flexibility index (Phi) is 2.96. The summed E-state index contributed by atoms with van der Waals surface area (Å²) in [5, 5.41) is -0.901. The molecule has 0 saturated heterocycles. The molecular weight excluding hydrogens is 246 g/mol. The summed E-state index contributed by atoms with van der Waals surface area (Å²) in [4.78, 5) is 12.7. The van der Waals surface area contributed by atoms with Gasteiger partial charge in [-0.3, -0.25) is 4.79 Å². The highest BCUT2D eigenvalue weighted by atomic mass is 35.5. The molecule has 14 heavy (non-hydrogen) atoms. The molecule has 0 aliphatic carbocycles. The molecule has 0 spiro atoms. The van der Waals surface area contributed by atoms with Crippen molar-refractivity contribution in [3.63, 3.8) is 0 Å². The van der Waals surface area contributed by atoms with E-state index in [-0.39, 0.29) is 0 Å². The first-order valence-corrected chi connectivity index (χ1v) is 3.89. The van der Waals surface area contributed by atoms with E-state index in [1.807, 2.05) is 4.98 Å². The molecule has 0 aliphatic rings. The summed E-state index contributed by atoms with van der Waals surface area (Å²) in [6.45, 7) is 0. The zero-order chi connectivity index (χ0) is 10.9. The number of alkyl halides is 3. The van der Waals surface area contributed by atoms with Gasteiger partial charge in [-0.25, -0.2) is 0 Å². The van der Waals surface area contributed by atoms with Crippen molar-refractivity contribution in [2.24, 2.45) is 0 Å². The van der Waals surface area contributed by atoms with Gasteiger partial charge >= 0.3 is 6.36 Å². The molecule has 8 heteroatoms. The monoisotopic (exact) mass is 247 g/mol. The van der Waals surface area contributed by atoms with E-state index in [4.69, 9.17) is 23.2 Å². The molecule has 1 heterocycles. The van der Waals surface area contributed by atoms with Gasteiger partial charge in [0, 0.05) is 6.07 Å². The molecule has 0 atom stereocenters. The Labute approximate surface area is 85.4 Å². The van der Waals surface area contributed by atoms with Gasteiger partial charge in [-0.05, 0) is 0 Å². The number of halogens is 5. The van der Waals surface area contributed by atoms with E-state index in [0.717, 1.165) is 0 Å². The first-order chi connectivity index (χ1) is 6.29. The third-order valence-corrected chi connectivity index (χ3v) is 1.89. The second kappa shape index (κ2) is 3.70. The lowest BCUT2D eigenvalue weighted by molar-refractivity contribution is -0.274. The quantitative estimate of drug-likeness (QED) is 0.776. The number of nitrogens with one attached hydrogen (secondary N) is 1. The fourth-order valence-corrected chi connectivity index (χ4v) is 1.02. The molecule has 0 radical (unpaired) electrons. The average molecular weight is 248 g/mol. The molecule has 3 nitrogen and oxygen atoms in total. The standard InChI is InChI=1S/C6H2Cl2F3NO2/c7-4-2(14-6(9,10)11)1-3(13)12-5(4)8/h1H,(H,12,13). The molecule has 0 bridgehead atoms. The van der Waals surface area contributed by atoms with Crippen LogP contribution in [-0.2, 0) is 0 Å². The van der Waals surface area contributed by atoms with E-state index in [1.54, 1.807) is 0 Å². The highest BCUT2D eigenvalue weighted by Gasteiger charge is 2.32. The summed E-state index contributed by atoms with van der Waals surface area (Å²) in [7, 11) is 0. The zero-order valence-corrected chi connectivity index (χ0v) is 7.80. The van der Waals surface area contributed by atoms with Crippen LogP contribution in [0.4, 0.5) is 13.2 Å². The smallest absolute Gasteiger partial charge is 0.404 e. The van der Waals surface area contributed by atoms with Crippen molar-refractivity contribution in [2.45, 2.75) is 6.36 Å². The van der Waals surface area contributed by atoms with Crippen LogP contribution >= 0.6 is 23.2 Å². The SMILES string of the molecule is O=c1cc(OC(F)(F)F)c(Cl)c(Cl)[nH]1. The lowest BCUT2D eigenvalue weighted by Gasteiger charge is -2.09. The van der Waals surface area contributed by atoms with E-state index < -0.39 is 27.8 Å². The van der Waals surface area contributed by atoms with Gasteiger partial charge in [-0.2, -0.15) is 0 Å². The summed E-state index contributed by atoms with van der Waals surface area (Å²) in [6, 6.07) is 0.557. The maximum absolute atomic E-state index is 11.7. The van der Waals surface area contributed by atoms with Crippen molar-refractivity contribution in [1.82, 2.24) is 4.98 Å². The number of hydrogen-bond acceptors (Lipinski definition) is 2. The van der Waals surface area contributed by atoms with Crippen molar-refractivity contribution < 1.29 is 17.9 Å². The van der Waals surface area contributed by atoms with Crippen LogP contribution in [0, 0.1) is 0 Å². The molecule has 0 fully saturated rings. The lowest BCUT2D eigenvalue weighted by atomic mass is 10.4. The molecule has 0 aromatic carbocycles. The van der Waals surface area contributed by atoms with Crippen LogP contribution in [0.5, 0.6) is 5.75 Å². The maximum Gasteiger partial charge on any atom is 0.573 e. The Morgan fingerprint density at radius 1 is 1.36 bits per heavy atom. The van der Waals surface area contributed by atoms with Gasteiger partial charge in [0.05, 0.1) is 0 Å². The molecule has 0 amide bonds. The van der Waals surface area contributed by atoms with Gasteiger partial charge in [0.2, 0.25) is 0 Å². The molecule has 1 aromatic rings. The summed E-state index contributed by atoms with van der Waals surface area (Å²) in [5.74, 6) is -0.826. The topological polar surface area (TPSA) is 42.1 Å². The molecule has 0 unspecified atom stereocenters. The second-order valence-electron chi connectivity index (χ2n) is 2.17. The fourth-order valence-electron chi connectivity index (χ4n) is 0.689. The van der Waals surface area contributed by atoms with Gasteiger partial charge in [-0.1, -0.05) is 23.2 Å². The number of pyridine rings is 1. The van der Waals surface area contributed by atoms with Gasteiger partial charge in [0.25, 0.3) is 5.56 Å². The number of H-pyrrole nitrogens is 1. The van der Waals surface area contributed by atoms with Crippen LogP contribution in [-0.4, -0.2) is 11.3 Å². The van der Waals surface area contributed by atoms with Crippen LogP contribution in [0.15, 0.2) is 10.9 Å². The van der Waals surface area contributed by atoms with Crippen molar-refractivity contribution >= 4 is 23.2 Å². The Morgan fingerprint density at radius 3 is 2.43 bits per heavy atom. The second-order valence-corrected chi connectivity index (χ2v) is 2.93. The Hall–Kier alpha value is -0.880. The zero-order valence-electron chi connectivity index (χ0n) is 6.28. The normalized spacial score (nSPS) is 11.5. The predicted molar refractivity (Wildman–Crippen MR) is 43.8 cm³/mol. The Morgan fingerprint density at radius 2 is 1.93 bits per heavy atom. The third kappa shape index (κ3) is 2.81. The highest BCUT2D eigenvalue weighted by Crippen LogP contribution is 2.32. The number of aromatic nitrogens is 1. The van der Waals surface area contributed by atoms with Gasteiger partial charge in [-0.15, -0.1) is 13.2 Å². The minimum Gasteiger partial charge on any atom is -0.404 e. The highest BCUT2D eigenvalue weighted by molar-refractivity contribution is 6.42. The predicted octanol–water partition coefficient (Wildman–Crippen LogP) is 2.58. The summed E-state index contributed by atoms with van der Waals surface area (Å²) in [6.07, 6.45) is -4.92. The number of rotatable bonds is 1. The molecule has 1 N–H and O–H groups in total. The maximum atomic E-state index is 11.7. The van der Waals surface area contributed by atoms with Crippen LogP contribution in [0.2, 0.25) is 10.2 Å². The summed E-state index contributed by atoms with van der Waals surface area (Å²) in [5.41, 5.74) is -0.835. The van der Waals surface area contributed by atoms with Gasteiger partial charge in [0.1, 0.15) is 10.2 Å². The van der Waals surface area contributed by atoms with Crippen LogP contribution < -0.4 is 10.3 Å². The first-order valence-electron chi connectivity index (χ1n) is 3.13. The molecule has 1 rings (SSSR count). The number of aromatic amines is 1. The van der Waals surface area contributed by atoms with Crippen molar-refractivity contribution in [1.29, 1.82) is 0 Å². The van der Waals surface area contributed by atoms with E-state index >= 15 is 0 Å². The van der Waals surface area contributed by atoms with E-state index in [0.29, 0.717) is 6.07 Å². The van der Waals surface area contributed by atoms with Gasteiger partial charge in [0.15, 0.2) is 5.75 Å². The molecule has 0 aliphatic heterocycles. The molecule has 0 saturated carbocycles. The number of hydrogen-bond donors (Lipinski definition) is 1. The van der Waals surface area contributed by atoms with E-state index in [9.17, 15) is 18.0 Å². The van der Waals surface area contributed by atoms with Crippen LogP contribution in [0.3, 0.4) is 0 Å². The fraction of sp³-hybridized carbons (Fsp3) is 0.167.